The molecule has 5 nitrogen and oxygen atoms in total. The summed E-state index contributed by atoms with van der Waals surface area (Å²) >= 11 is 0. The van der Waals surface area contributed by atoms with Gasteiger partial charge in [0.25, 0.3) is 0 Å². The molecule has 1 N–H and O–H groups in total. The van der Waals surface area contributed by atoms with Crippen LogP contribution in [0.2, 0.25) is 0 Å². The highest BCUT2D eigenvalue weighted by molar-refractivity contribution is 5.99. The number of benzene rings is 1. The van der Waals surface area contributed by atoms with Crippen molar-refractivity contribution in [3.63, 3.8) is 0 Å². The predicted molar refractivity (Wildman–Crippen MR) is 88.1 cm³/mol. The van der Waals surface area contributed by atoms with Crippen molar-refractivity contribution in [2.75, 3.05) is 26.2 Å². The average Bonchev–Trinajstić information content (AvgIpc) is 2.54. The van der Waals surface area contributed by atoms with E-state index >= 15 is 0 Å². The number of Topliss-reactive ketones (excluding diaryl/α,β-unsaturated/α-hetero) is 1. The highest BCUT2D eigenvalue weighted by atomic mass is 16.5. The second-order valence-corrected chi connectivity index (χ2v) is 6.06. The second kappa shape index (κ2) is 8.11. The number of carboxylic acid groups (broad SMARTS) is 1. The molecule has 1 heterocycles. The van der Waals surface area contributed by atoms with Crippen molar-refractivity contribution in [3.8, 4) is 5.75 Å². The maximum absolute atomic E-state index is 12.5. The zero-order valence-electron chi connectivity index (χ0n) is 13.9. The fourth-order valence-electron chi connectivity index (χ4n) is 2.94. The fourth-order valence-corrected chi connectivity index (χ4v) is 2.94. The number of nitrogens with zero attached hydrogens (tertiary/aromatic N) is 1. The van der Waals surface area contributed by atoms with E-state index in [9.17, 15) is 9.59 Å². The number of carboxylic acids is 1. The van der Waals surface area contributed by atoms with E-state index in [1.807, 2.05) is 32.0 Å². The van der Waals surface area contributed by atoms with Crippen LogP contribution in [0.25, 0.3) is 0 Å². The Morgan fingerprint density at radius 2 is 2.00 bits per heavy atom. The van der Waals surface area contributed by atoms with E-state index in [2.05, 4.69) is 4.90 Å². The van der Waals surface area contributed by atoms with Crippen LogP contribution in [0.5, 0.6) is 5.75 Å². The zero-order valence-corrected chi connectivity index (χ0v) is 13.9. The van der Waals surface area contributed by atoms with Crippen LogP contribution in [0.3, 0.4) is 0 Å². The molecule has 0 bridgehead atoms. The van der Waals surface area contributed by atoms with Crippen LogP contribution in [0.4, 0.5) is 0 Å². The molecule has 1 aromatic rings. The van der Waals surface area contributed by atoms with E-state index in [4.69, 9.17) is 9.84 Å². The molecule has 2 rings (SSSR count). The van der Waals surface area contributed by atoms with E-state index in [0.29, 0.717) is 43.7 Å². The first-order chi connectivity index (χ1) is 11.0. The van der Waals surface area contributed by atoms with Gasteiger partial charge in [-0.25, -0.2) is 0 Å². The van der Waals surface area contributed by atoms with Gasteiger partial charge in [0.05, 0.1) is 18.1 Å². The Morgan fingerprint density at radius 1 is 1.30 bits per heavy atom. The summed E-state index contributed by atoms with van der Waals surface area (Å²) in [6.45, 7) is 6.56. The van der Waals surface area contributed by atoms with Crippen molar-refractivity contribution in [1.82, 2.24) is 4.90 Å². The summed E-state index contributed by atoms with van der Waals surface area (Å²) in [5.41, 5.74) is 1.69. The van der Waals surface area contributed by atoms with Gasteiger partial charge in [-0.05, 0) is 51.9 Å². The van der Waals surface area contributed by atoms with Crippen LogP contribution in [0, 0.1) is 12.8 Å². The average molecular weight is 319 g/mol. The number of aryl methyl sites for hydroxylation is 1. The van der Waals surface area contributed by atoms with E-state index in [1.165, 1.54) is 0 Å². The lowest BCUT2D eigenvalue weighted by molar-refractivity contribution is -0.143. The van der Waals surface area contributed by atoms with Crippen molar-refractivity contribution < 1.29 is 19.4 Å². The highest BCUT2D eigenvalue weighted by Crippen LogP contribution is 2.23. The Balaban J connectivity index is 1.90. The van der Waals surface area contributed by atoms with Crippen molar-refractivity contribution in [3.05, 3.63) is 29.3 Å². The molecule has 1 aliphatic heterocycles. The molecule has 0 spiro atoms. The third kappa shape index (κ3) is 4.79. The second-order valence-electron chi connectivity index (χ2n) is 6.06. The van der Waals surface area contributed by atoms with Crippen molar-refractivity contribution in [1.29, 1.82) is 0 Å². The lowest BCUT2D eigenvalue weighted by atomic mass is 9.96. The Bertz CT molecular complexity index is 562. The molecule has 0 aliphatic carbocycles. The Hall–Kier alpha value is -1.88. The minimum atomic E-state index is -0.707. The molecular weight excluding hydrogens is 294 g/mol. The minimum absolute atomic E-state index is 0.0810. The Labute approximate surface area is 137 Å². The number of ether oxygens (including phenoxy) is 1. The summed E-state index contributed by atoms with van der Waals surface area (Å²) < 4.78 is 5.55. The van der Waals surface area contributed by atoms with Crippen LogP contribution in [0.15, 0.2) is 18.2 Å². The molecule has 0 radical (unpaired) electrons. The van der Waals surface area contributed by atoms with Gasteiger partial charge in [-0.1, -0.05) is 11.6 Å². The molecule has 1 saturated heterocycles. The number of piperidine rings is 1. The van der Waals surface area contributed by atoms with Gasteiger partial charge in [0, 0.05) is 13.0 Å². The standard InChI is InChI=1S/C18H25NO4/c1-3-23-17-5-4-13(2)12-15(17)16(20)8-11-19-9-6-14(7-10-19)18(21)22/h4-5,12,14H,3,6-11H2,1-2H3,(H,21,22). The van der Waals surface area contributed by atoms with Gasteiger partial charge in [0.2, 0.25) is 0 Å². The number of carbonyl (C=O) groups is 2. The number of rotatable bonds is 7. The SMILES string of the molecule is CCOc1ccc(C)cc1C(=O)CCN1CCC(C(=O)O)CC1. The van der Waals surface area contributed by atoms with Crippen LogP contribution in [0.1, 0.15) is 42.1 Å². The Kier molecular flexibility index (Phi) is 6.16. The molecule has 0 amide bonds. The van der Waals surface area contributed by atoms with Gasteiger partial charge < -0.3 is 14.7 Å². The van der Waals surface area contributed by atoms with Gasteiger partial charge >= 0.3 is 5.97 Å². The number of hydrogen-bond acceptors (Lipinski definition) is 4. The van der Waals surface area contributed by atoms with E-state index < -0.39 is 5.97 Å². The van der Waals surface area contributed by atoms with E-state index in [1.54, 1.807) is 0 Å². The molecule has 126 valence electrons. The van der Waals surface area contributed by atoms with Gasteiger partial charge in [-0.3, -0.25) is 9.59 Å². The number of aliphatic carboxylic acids is 1. The molecular formula is C18H25NO4. The molecule has 1 aliphatic rings. The van der Waals surface area contributed by atoms with Gasteiger partial charge in [-0.15, -0.1) is 0 Å². The van der Waals surface area contributed by atoms with Crippen LogP contribution in [-0.4, -0.2) is 48.0 Å². The predicted octanol–water partition coefficient (Wildman–Crippen LogP) is 2.76. The van der Waals surface area contributed by atoms with Crippen LogP contribution < -0.4 is 4.74 Å². The molecule has 1 aromatic carbocycles. The van der Waals surface area contributed by atoms with Crippen LogP contribution >= 0.6 is 0 Å². The third-order valence-electron chi connectivity index (χ3n) is 4.33. The minimum Gasteiger partial charge on any atom is -0.493 e. The first kappa shape index (κ1) is 17.5. The maximum Gasteiger partial charge on any atom is 0.306 e. The maximum atomic E-state index is 12.5. The topological polar surface area (TPSA) is 66.8 Å². The van der Waals surface area contributed by atoms with Crippen molar-refractivity contribution >= 4 is 11.8 Å². The lowest BCUT2D eigenvalue weighted by Crippen LogP contribution is -2.37. The van der Waals surface area contributed by atoms with Crippen molar-refractivity contribution in [2.45, 2.75) is 33.1 Å². The fraction of sp³-hybridized carbons (Fsp3) is 0.556. The highest BCUT2D eigenvalue weighted by Gasteiger charge is 2.24. The number of hydrogen-bond donors (Lipinski definition) is 1. The lowest BCUT2D eigenvalue weighted by Gasteiger charge is -2.29. The summed E-state index contributed by atoms with van der Waals surface area (Å²) in [6, 6.07) is 5.67. The van der Waals surface area contributed by atoms with Gasteiger partial charge in [0.15, 0.2) is 5.78 Å². The third-order valence-corrected chi connectivity index (χ3v) is 4.33. The summed E-state index contributed by atoms with van der Waals surface area (Å²) in [6.07, 6.45) is 1.76. The van der Waals surface area contributed by atoms with Gasteiger partial charge in [0.1, 0.15) is 5.75 Å². The molecule has 1 fully saturated rings. The number of carbonyl (C=O) groups excluding carboxylic acids is 1. The van der Waals surface area contributed by atoms with Gasteiger partial charge in [-0.2, -0.15) is 0 Å². The molecule has 0 aromatic heterocycles. The summed E-state index contributed by atoms with van der Waals surface area (Å²) in [4.78, 5) is 25.6. The van der Waals surface area contributed by atoms with E-state index in [-0.39, 0.29) is 11.7 Å². The molecule has 23 heavy (non-hydrogen) atoms. The summed E-state index contributed by atoms with van der Waals surface area (Å²) in [5.74, 6) is -0.213. The molecule has 5 heteroatoms. The monoisotopic (exact) mass is 319 g/mol. The van der Waals surface area contributed by atoms with Crippen molar-refractivity contribution in [2.24, 2.45) is 5.92 Å². The molecule has 0 saturated carbocycles. The quantitative estimate of drug-likeness (QED) is 0.783. The first-order valence-corrected chi connectivity index (χ1v) is 8.23. The Morgan fingerprint density at radius 3 is 2.61 bits per heavy atom. The summed E-state index contributed by atoms with van der Waals surface area (Å²) in [5, 5.41) is 9.01. The smallest absolute Gasteiger partial charge is 0.306 e. The summed E-state index contributed by atoms with van der Waals surface area (Å²) in [7, 11) is 0. The molecule has 0 unspecified atom stereocenters. The number of ketones is 1. The zero-order chi connectivity index (χ0) is 16.8. The first-order valence-electron chi connectivity index (χ1n) is 8.23. The number of likely N-dealkylation sites (tertiary alicyclic amines) is 1. The largest absolute Gasteiger partial charge is 0.493 e. The molecule has 0 atom stereocenters. The van der Waals surface area contributed by atoms with E-state index in [0.717, 1.165) is 18.7 Å². The van der Waals surface area contributed by atoms with Crippen LogP contribution in [-0.2, 0) is 4.79 Å². The normalized spacial score (nSPS) is 16.3.